The van der Waals surface area contributed by atoms with E-state index in [1.807, 2.05) is 0 Å². The molecule has 1 aliphatic carbocycles. The summed E-state index contributed by atoms with van der Waals surface area (Å²) in [5.74, 6) is 1.55. The summed E-state index contributed by atoms with van der Waals surface area (Å²) in [7, 11) is -5.33. The molecule has 11 nitrogen and oxygen atoms in total. The average Bonchev–Trinajstić information content (AvgIpc) is 3.68. The molecule has 2 fully saturated rings. The van der Waals surface area contributed by atoms with E-state index in [0.717, 1.165) is 56.3 Å². The highest BCUT2D eigenvalue weighted by molar-refractivity contribution is 6.99. The fraction of sp³-hybridized carbons (Fsp3) is 0.833. The van der Waals surface area contributed by atoms with E-state index in [9.17, 15) is 4.79 Å². The summed E-state index contributed by atoms with van der Waals surface area (Å²) in [5.41, 5.74) is -0.136. The lowest BCUT2D eigenvalue weighted by Crippen LogP contribution is -2.44. The minimum atomic E-state index is -1.81. The van der Waals surface area contributed by atoms with Crippen LogP contribution in [0.2, 0.25) is 58.9 Å². The number of nitrogens with zero attached hydrogens (tertiary/aromatic N) is 3. The third-order valence-corrected chi connectivity index (χ3v) is 13.2. The number of aromatic nitrogens is 2. The second-order valence-corrected chi connectivity index (χ2v) is 33.7. The molecule has 1 saturated carbocycles. The smallest absolute Gasteiger partial charge is 0.306 e. The summed E-state index contributed by atoms with van der Waals surface area (Å²) >= 11 is 1.13. The van der Waals surface area contributed by atoms with Gasteiger partial charge in [0.15, 0.2) is 25.0 Å². The van der Waals surface area contributed by atoms with E-state index in [0.29, 0.717) is 44.4 Å². The van der Waals surface area contributed by atoms with Crippen LogP contribution in [0.1, 0.15) is 85.5 Å². The highest BCUT2D eigenvalue weighted by Crippen LogP contribution is 2.42. The molecule has 6 unspecified atom stereocenters. The molecular formula is C42H80N4O7SSi3. The summed E-state index contributed by atoms with van der Waals surface area (Å²) in [5, 5.41) is 3.47. The standard InChI is InChI=1S/C42H80N4O7SSi3/c1-14-15-18-21-33(51-55(5,6)7)24-25-36-35(37(52-56(8,9)10)30-38(36)53-57(11,12)13)22-19-16-17-20-23-39(47)50-34(31-43-42(2,3)4)32-49-41-40(44-54-45-41)46-26-28-48-29-27-46/h16,19,24-25,33-38,43H,14-15,17-18,20-23,26-32H2,1-13H3. The molecule has 1 aromatic heterocycles. The number of anilines is 1. The fourth-order valence-corrected chi connectivity index (χ4v) is 11.2. The lowest BCUT2D eigenvalue weighted by molar-refractivity contribution is -0.150. The van der Waals surface area contributed by atoms with Crippen molar-refractivity contribution in [3.05, 3.63) is 24.3 Å². The number of rotatable bonds is 25. The second-order valence-electron chi connectivity index (χ2n) is 19.8. The molecule has 57 heavy (non-hydrogen) atoms. The van der Waals surface area contributed by atoms with Crippen molar-refractivity contribution >= 4 is 48.5 Å². The SMILES string of the molecule is CCCCCC(C=CC1C(O[Si](C)(C)C)CC(O[Si](C)(C)C)C1CC=CCCCC(=O)OC(CNC(C)(C)C)COc1nsnc1N1CCOCC1)O[Si](C)(C)C. The number of carbonyl (C=O) groups is 1. The van der Waals surface area contributed by atoms with Crippen molar-refractivity contribution in [3.8, 4) is 5.88 Å². The number of ether oxygens (including phenoxy) is 3. The minimum Gasteiger partial charge on any atom is -0.470 e. The van der Waals surface area contributed by atoms with Crippen LogP contribution in [0.4, 0.5) is 5.82 Å². The van der Waals surface area contributed by atoms with E-state index in [2.05, 4.69) is 130 Å². The van der Waals surface area contributed by atoms with Gasteiger partial charge in [-0.1, -0.05) is 50.5 Å². The lowest BCUT2D eigenvalue weighted by atomic mass is 9.89. The predicted octanol–water partition coefficient (Wildman–Crippen LogP) is 9.60. The third-order valence-electron chi connectivity index (χ3n) is 9.66. The molecule has 0 aromatic carbocycles. The molecule has 0 spiro atoms. The van der Waals surface area contributed by atoms with Crippen LogP contribution >= 0.6 is 11.7 Å². The number of carbonyl (C=O) groups excluding carboxylic acids is 1. The molecule has 1 aliphatic heterocycles. The summed E-state index contributed by atoms with van der Waals surface area (Å²) < 4.78 is 47.0. The fourth-order valence-electron chi connectivity index (χ4n) is 7.27. The van der Waals surface area contributed by atoms with E-state index in [1.54, 1.807) is 0 Å². The van der Waals surface area contributed by atoms with Gasteiger partial charge in [0.1, 0.15) is 12.7 Å². The number of esters is 1. The van der Waals surface area contributed by atoms with Crippen LogP contribution in [0.25, 0.3) is 0 Å². The van der Waals surface area contributed by atoms with E-state index < -0.39 is 31.1 Å². The lowest BCUT2D eigenvalue weighted by Gasteiger charge is -2.30. The van der Waals surface area contributed by atoms with Gasteiger partial charge >= 0.3 is 5.97 Å². The zero-order chi connectivity index (χ0) is 42.3. The number of nitrogens with one attached hydrogen (secondary N) is 1. The van der Waals surface area contributed by atoms with Crippen molar-refractivity contribution in [1.82, 2.24) is 14.1 Å². The van der Waals surface area contributed by atoms with Gasteiger partial charge in [-0.25, -0.2) is 0 Å². The molecule has 0 bridgehead atoms. The van der Waals surface area contributed by atoms with Crippen LogP contribution < -0.4 is 15.0 Å². The van der Waals surface area contributed by atoms with E-state index >= 15 is 0 Å². The van der Waals surface area contributed by atoms with Crippen molar-refractivity contribution in [2.45, 2.75) is 174 Å². The molecule has 0 radical (unpaired) electrons. The van der Waals surface area contributed by atoms with Gasteiger partial charge in [-0.3, -0.25) is 4.79 Å². The first-order chi connectivity index (χ1) is 26.6. The van der Waals surface area contributed by atoms with E-state index in [4.69, 9.17) is 27.5 Å². The molecular weight excluding hydrogens is 789 g/mol. The van der Waals surface area contributed by atoms with Gasteiger partial charge in [-0.2, -0.15) is 4.37 Å². The average molecular weight is 869 g/mol. The van der Waals surface area contributed by atoms with Crippen molar-refractivity contribution in [1.29, 1.82) is 0 Å². The van der Waals surface area contributed by atoms with Crippen molar-refractivity contribution in [2.75, 3.05) is 44.4 Å². The number of hydrogen-bond donors (Lipinski definition) is 1. The van der Waals surface area contributed by atoms with Gasteiger partial charge in [0.2, 0.25) is 5.82 Å². The monoisotopic (exact) mass is 869 g/mol. The summed E-state index contributed by atoms with van der Waals surface area (Å²) in [6, 6.07) is 0. The molecule has 0 amide bonds. The van der Waals surface area contributed by atoms with E-state index in [-0.39, 0.29) is 42.3 Å². The normalized spacial score (nSPS) is 22.4. The van der Waals surface area contributed by atoms with Gasteiger partial charge in [0, 0.05) is 37.5 Å². The van der Waals surface area contributed by atoms with Crippen molar-refractivity contribution in [2.24, 2.45) is 11.8 Å². The Morgan fingerprint density at radius 3 is 2.26 bits per heavy atom. The molecule has 2 heterocycles. The predicted molar refractivity (Wildman–Crippen MR) is 243 cm³/mol. The van der Waals surface area contributed by atoms with Crippen LogP contribution in [0.3, 0.4) is 0 Å². The van der Waals surface area contributed by atoms with Gasteiger partial charge in [0.25, 0.3) is 5.88 Å². The summed E-state index contributed by atoms with van der Waals surface area (Å²) in [6.45, 7) is 32.6. The van der Waals surface area contributed by atoms with Crippen molar-refractivity contribution < 1.29 is 32.3 Å². The maximum atomic E-state index is 13.1. The van der Waals surface area contributed by atoms with Gasteiger partial charge in [-0.05, 0) is 118 Å². The Balaban J connectivity index is 1.65. The van der Waals surface area contributed by atoms with Crippen LogP contribution in [-0.4, -0.2) is 109 Å². The van der Waals surface area contributed by atoms with Crippen LogP contribution in [0.5, 0.6) is 5.88 Å². The van der Waals surface area contributed by atoms with Crippen LogP contribution in [0, 0.1) is 11.8 Å². The first-order valence-electron chi connectivity index (χ1n) is 21.7. The minimum absolute atomic E-state index is 0.132. The largest absolute Gasteiger partial charge is 0.470 e. The van der Waals surface area contributed by atoms with Gasteiger partial charge in [0.05, 0.1) is 43.3 Å². The molecule has 328 valence electrons. The maximum absolute atomic E-state index is 13.1. The number of hydrogen-bond acceptors (Lipinski definition) is 12. The highest BCUT2D eigenvalue weighted by Gasteiger charge is 2.45. The molecule has 3 rings (SSSR count). The Morgan fingerprint density at radius 1 is 0.947 bits per heavy atom. The molecule has 1 N–H and O–H groups in total. The summed E-state index contributed by atoms with van der Waals surface area (Å²) in [4.78, 5) is 15.3. The first-order valence-corrected chi connectivity index (χ1v) is 32.7. The zero-order valence-electron chi connectivity index (χ0n) is 38.0. The second kappa shape index (κ2) is 23.5. The molecule has 15 heteroatoms. The Labute approximate surface area is 354 Å². The Hall–Kier alpha value is -1.44. The van der Waals surface area contributed by atoms with Crippen molar-refractivity contribution in [3.63, 3.8) is 0 Å². The van der Waals surface area contributed by atoms with E-state index in [1.165, 1.54) is 19.3 Å². The molecule has 1 aromatic rings. The van der Waals surface area contributed by atoms with Gasteiger partial charge < -0.3 is 37.7 Å². The molecule has 1 saturated heterocycles. The van der Waals surface area contributed by atoms with Gasteiger partial charge in [-0.15, -0.1) is 4.37 Å². The quantitative estimate of drug-likeness (QED) is 0.0439. The maximum Gasteiger partial charge on any atom is 0.306 e. The van der Waals surface area contributed by atoms with Crippen LogP contribution in [-0.2, 0) is 27.5 Å². The number of unbranched alkanes of at least 4 members (excludes halogenated alkanes) is 3. The summed E-state index contributed by atoms with van der Waals surface area (Å²) in [6.07, 6.45) is 17.7. The number of morpholine rings is 1. The third kappa shape index (κ3) is 20.6. The highest BCUT2D eigenvalue weighted by atomic mass is 32.1. The Bertz CT molecular complexity index is 1370. The number of allylic oxidation sites excluding steroid dienone is 2. The Kier molecular flexibility index (Phi) is 20.6. The first kappa shape index (κ1) is 49.9. The molecule has 2 aliphatic rings. The Morgan fingerprint density at radius 2 is 1.63 bits per heavy atom. The zero-order valence-corrected chi connectivity index (χ0v) is 41.8. The topological polar surface area (TPSA) is 114 Å². The van der Waals surface area contributed by atoms with Crippen LogP contribution in [0.15, 0.2) is 24.3 Å². The molecule has 6 atom stereocenters.